The average molecular weight is 229 g/mol. The van der Waals surface area contributed by atoms with Crippen molar-refractivity contribution in [3.05, 3.63) is 35.4 Å². The summed E-state index contributed by atoms with van der Waals surface area (Å²) in [6.45, 7) is 3.50. The number of aliphatic hydroxyl groups excluding tert-OH is 1. The monoisotopic (exact) mass is 229 g/mol. The van der Waals surface area contributed by atoms with Crippen molar-refractivity contribution < 1.29 is 13.9 Å². The van der Waals surface area contributed by atoms with Gasteiger partial charge in [0, 0.05) is 12.1 Å². The topological polar surface area (TPSA) is 23.5 Å². The molecule has 0 saturated heterocycles. The molecule has 90 valence electrons. The van der Waals surface area contributed by atoms with Crippen LogP contribution in [0.25, 0.3) is 0 Å². The Hall–Kier alpha value is -1.00. The van der Waals surface area contributed by atoms with Crippen LogP contribution >= 0.6 is 0 Å². The van der Waals surface area contributed by atoms with Crippen LogP contribution in [0.4, 0.5) is 8.78 Å². The van der Waals surface area contributed by atoms with E-state index in [0.717, 1.165) is 12.6 Å². The molecular formula is C12H17F2NO. The number of nitrogens with zero attached hydrogens (tertiary/aromatic N) is 1. The van der Waals surface area contributed by atoms with Gasteiger partial charge >= 0.3 is 0 Å². The second kappa shape index (κ2) is 5.92. The summed E-state index contributed by atoms with van der Waals surface area (Å²) < 4.78 is 26.2. The number of benzene rings is 1. The Morgan fingerprint density at radius 1 is 1.38 bits per heavy atom. The maximum absolute atomic E-state index is 13.3. The van der Waals surface area contributed by atoms with Gasteiger partial charge in [-0.25, -0.2) is 8.78 Å². The van der Waals surface area contributed by atoms with Crippen LogP contribution in [0.5, 0.6) is 0 Å². The van der Waals surface area contributed by atoms with Gasteiger partial charge in [-0.15, -0.1) is 0 Å². The van der Waals surface area contributed by atoms with E-state index in [1.807, 2.05) is 18.9 Å². The molecule has 0 fully saturated rings. The molecule has 0 aliphatic rings. The molecule has 1 atom stereocenters. The van der Waals surface area contributed by atoms with Crippen LogP contribution in [0, 0.1) is 11.6 Å². The molecule has 1 aromatic rings. The van der Waals surface area contributed by atoms with E-state index in [2.05, 4.69) is 0 Å². The highest BCUT2D eigenvalue weighted by Gasteiger charge is 2.15. The summed E-state index contributed by atoms with van der Waals surface area (Å²) in [7, 11) is 1.91. The fourth-order valence-electron chi connectivity index (χ4n) is 1.43. The molecule has 0 aliphatic heterocycles. The molecule has 1 aromatic carbocycles. The van der Waals surface area contributed by atoms with Crippen molar-refractivity contribution in [3.8, 4) is 0 Å². The smallest absolute Gasteiger partial charge is 0.164 e. The van der Waals surface area contributed by atoms with Gasteiger partial charge in [-0.1, -0.05) is 19.1 Å². The van der Waals surface area contributed by atoms with E-state index in [4.69, 9.17) is 0 Å². The summed E-state index contributed by atoms with van der Waals surface area (Å²) in [5.74, 6) is -1.87. The van der Waals surface area contributed by atoms with E-state index in [9.17, 15) is 13.9 Å². The highest BCUT2D eigenvalue weighted by molar-refractivity contribution is 5.21. The normalized spacial score (nSPS) is 13.1. The Balaban J connectivity index is 2.66. The number of aliphatic hydroxyl groups is 1. The molecule has 2 nitrogen and oxygen atoms in total. The zero-order valence-corrected chi connectivity index (χ0v) is 9.58. The Labute approximate surface area is 94.5 Å². The first-order chi connectivity index (χ1) is 7.56. The van der Waals surface area contributed by atoms with Crippen LogP contribution in [0.2, 0.25) is 0 Å². The summed E-state index contributed by atoms with van der Waals surface area (Å²) in [5, 5.41) is 9.74. The zero-order valence-electron chi connectivity index (χ0n) is 9.58. The van der Waals surface area contributed by atoms with Crippen molar-refractivity contribution in [2.75, 3.05) is 20.1 Å². The molecule has 0 saturated carbocycles. The first kappa shape index (κ1) is 13.1. The van der Waals surface area contributed by atoms with Crippen LogP contribution in [-0.2, 0) is 0 Å². The number of halogens is 2. The summed E-state index contributed by atoms with van der Waals surface area (Å²) in [6, 6.07) is 3.86. The third-order valence-corrected chi connectivity index (χ3v) is 2.66. The van der Waals surface area contributed by atoms with E-state index in [-0.39, 0.29) is 5.56 Å². The van der Waals surface area contributed by atoms with Gasteiger partial charge in [-0.3, -0.25) is 0 Å². The molecule has 0 aliphatic carbocycles. The standard InChI is InChI=1S/C12H17F2NO/c1-3-15(2)8-7-11(16)9-5-4-6-10(13)12(9)14/h4-6,11,16H,3,7-8H2,1-2H3. The third kappa shape index (κ3) is 3.25. The summed E-state index contributed by atoms with van der Waals surface area (Å²) in [4.78, 5) is 2.00. The molecular weight excluding hydrogens is 212 g/mol. The van der Waals surface area contributed by atoms with Crippen LogP contribution in [0.15, 0.2) is 18.2 Å². The minimum absolute atomic E-state index is 0.0319. The lowest BCUT2D eigenvalue weighted by Crippen LogP contribution is -2.21. The van der Waals surface area contributed by atoms with Gasteiger partial charge in [-0.05, 0) is 26.1 Å². The van der Waals surface area contributed by atoms with Gasteiger partial charge in [0.25, 0.3) is 0 Å². The Bertz CT molecular complexity index is 344. The molecule has 0 bridgehead atoms. The molecule has 0 radical (unpaired) electrons. The molecule has 4 heteroatoms. The van der Waals surface area contributed by atoms with E-state index < -0.39 is 17.7 Å². The highest BCUT2D eigenvalue weighted by atomic mass is 19.2. The molecule has 0 amide bonds. The Morgan fingerprint density at radius 2 is 2.06 bits per heavy atom. The van der Waals surface area contributed by atoms with Crippen molar-refractivity contribution >= 4 is 0 Å². The van der Waals surface area contributed by atoms with Gasteiger partial charge in [0.05, 0.1) is 6.10 Å². The fraction of sp³-hybridized carbons (Fsp3) is 0.500. The van der Waals surface area contributed by atoms with Crippen LogP contribution < -0.4 is 0 Å². The SMILES string of the molecule is CCN(C)CCC(O)c1cccc(F)c1F. The quantitative estimate of drug-likeness (QED) is 0.837. The largest absolute Gasteiger partial charge is 0.388 e. The van der Waals surface area contributed by atoms with Crippen molar-refractivity contribution in [3.63, 3.8) is 0 Å². The maximum atomic E-state index is 13.3. The molecule has 0 aromatic heterocycles. The van der Waals surface area contributed by atoms with Gasteiger partial charge < -0.3 is 10.0 Å². The number of hydrogen-bond donors (Lipinski definition) is 1. The lowest BCUT2D eigenvalue weighted by Gasteiger charge is -2.17. The predicted molar refractivity (Wildman–Crippen MR) is 59.1 cm³/mol. The van der Waals surface area contributed by atoms with Crippen molar-refractivity contribution in [1.82, 2.24) is 4.90 Å². The fourth-order valence-corrected chi connectivity index (χ4v) is 1.43. The van der Waals surface area contributed by atoms with Gasteiger partial charge in [0.2, 0.25) is 0 Å². The summed E-state index contributed by atoms with van der Waals surface area (Å²) in [5.41, 5.74) is 0.0319. The van der Waals surface area contributed by atoms with Crippen molar-refractivity contribution in [2.45, 2.75) is 19.4 Å². The van der Waals surface area contributed by atoms with E-state index >= 15 is 0 Å². The highest BCUT2D eigenvalue weighted by Crippen LogP contribution is 2.21. The van der Waals surface area contributed by atoms with Gasteiger partial charge in [0.15, 0.2) is 11.6 Å². The Morgan fingerprint density at radius 3 is 2.69 bits per heavy atom. The maximum Gasteiger partial charge on any atom is 0.164 e. The molecule has 0 spiro atoms. The zero-order chi connectivity index (χ0) is 12.1. The molecule has 0 heterocycles. The molecule has 16 heavy (non-hydrogen) atoms. The first-order valence-electron chi connectivity index (χ1n) is 5.36. The molecule has 1 N–H and O–H groups in total. The predicted octanol–water partition coefficient (Wildman–Crippen LogP) is 2.34. The number of rotatable bonds is 5. The average Bonchev–Trinajstić information content (AvgIpc) is 2.29. The van der Waals surface area contributed by atoms with Gasteiger partial charge in [0.1, 0.15) is 0 Å². The summed E-state index contributed by atoms with van der Waals surface area (Å²) in [6.07, 6.45) is -0.560. The van der Waals surface area contributed by atoms with Crippen LogP contribution in [0.1, 0.15) is 25.0 Å². The first-order valence-corrected chi connectivity index (χ1v) is 5.36. The summed E-state index contributed by atoms with van der Waals surface area (Å²) >= 11 is 0. The third-order valence-electron chi connectivity index (χ3n) is 2.66. The van der Waals surface area contributed by atoms with E-state index in [0.29, 0.717) is 13.0 Å². The second-order valence-corrected chi connectivity index (χ2v) is 3.84. The molecule has 1 unspecified atom stereocenters. The van der Waals surface area contributed by atoms with E-state index in [1.165, 1.54) is 12.1 Å². The lowest BCUT2D eigenvalue weighted by atomic mass is 10.1. The van der Waals surface area contributed by atoms with E-state index in [1.54, 1.807) is 0 Å². The number of hydrogen-bond acceptors (Lipinski definition) is 2. The van der Waals surface area contributed by atoms with Crippen molar-refractivity contribution in [2.24, 2.45) is 0 Å². The minimum Gasteiger partial charge on any atom is -0.388 e. The minimum atomic E-state index is -0.954. The Kier molecular flexibility index (Phi) is 4.83. The van der Waals surface area contributed by atoms with Gasteiger partial charge in [-0.2, -0.15) is 0 Å². The lowest BCUT2D eigenvalue weighted by molar-refractivity contribution is 0.145. The van der Waals surface area contributed by atoms with Crippen LogP contribution in [0.3, 0.4) is 0 Å². The van der Waals surface area contributed by atoms with Crippen molar-refractivity contribution in [1.29, 1.82) is 0 Å². The second-order valence-electron chi connectivity index (χ2n) is 3.84. The molecule has 1 rings (SSSR count). The van der Waals surface area contributed by atoms with Crippen LogP contribution in [-0.4, -0.2) is 30.1 Å².